The molecule has 10 heavy (non-hydrogen) atoms. The van der Waals surface area contributed by atoms with Gasteiger partial charge in [0.25, 0.3) is 5.91 Å². The van der Waals surface area contributed by atoms with Gasteiger partial charge in [-0.1, -0.05) is 26.2 Å². The lowest BCUT2D eigenvalue weighted by atomic mass is 10.1. The van der Waals surface area contributed by atoms with Crippen molar-refractivity contribution in [2.24, 2.45) is 5.73 Å². The van der Waals surface area contributed by atoms with E-state index in [1.807, 2.05) is 0 Å². The number of hydrogen-bond donors (Lipinski definition) is 1. The summed E-state index contributed by atoms with van der Waals surface area (Å²) in [6.07, 6.45) is 3.85. The number of nitrogens with two attached hydrogens (primary N) is 1. The zero-order chi connectivity index (χ0) is 7.98. The maximum absolute atomic E-state index is 10.3. The molecule has 0 fully saturated rings. The van der Waals surface area contributed by atoms with Crippen molar-refractivity contribution >= 4 is 5.91 Å². The second-order valence-electron chi connectivity index (χ2n) is 2.47. The topological polar surface area (TPSA) is 66.9 Å². The van der Waals surface area contributed by atoms with Crippen LogP contribution in [0.3, 0.4) is 0 Å². The van der Waals surface area contributed by atoms with E-state index in [-0.39, 0.29) is 0 Å². The average Bonchev–Trinajstić information content (AvgIpc) is 1.88. The molecule has 0 saturated heterocycles. The fourth-order valence-electron chi connectivity index (χ4n) is 0.745. The summed E-state index contributed by atoms with van der Waals surface area (Å²) in [5, 5.41) is 0. The number of unbranched alkanes of at least 4 members (excludes halogenated alkanes) is 2. The molecular formula is C7H15N2O. The first kappa shape index (κ1) is 9.43. The Bertz CT molecular complexity index is 104. The highest BCUT2D eigenvalue weighted by atomic mass is 16.1. The van der Waals surface area contributed by atoms with Gasteiger partial charge in [0.1, 0.15) is 0 Å². The minimum absolute atomic E-state index is 0.549. The van der Waals surface area contributed by atoms with Crippen molar-refractivity contribution in [3.63, 3.8) is 0 Å². The Morgan fingerprint density at radius 3 is 2.60 bits per heavy atom. The molecule has 0 spiro atoms. The van der Waals surface area contributed by atoms with Crippen molar-refractivity contribution in [3.05, 3.63) is 0 Å². The van der Waals surface area contributed by atoms with Crippen LogP contribution in [-0.2, 0) is 4.79 Å². The number of carbonyl (C=O) groups excluding carboxylic acids is 1. The number of amides is 1. The van der Waals surface area contributed by atoms with Gasteiger partial charge in [-0.15, -0.1) is 0 Å². The SMILES string of the molecule is CCCCCC(N)C([NH])=O. The van der Waals surface area contributed by atoms with Crippen LogP contribution in [0.2, 0.25) is 0 Å². The van der Waals surface area contributed by atoms with E-state index >= 15 is 0 Å². The molecule has 0 aromatic carbocycles. The summed E-state index contributed by atoms with van der Waals surface area (Å²) in [5.41, 5.74) is 12.0. The molecular weight excluding hydrogens is 128 g/mol. The van der Waals surface area contributed by atoms with E-state index in [1.54, 1.807) is 0 Å². The van der Waals surface area contributed by atoms with Gasteiger partial charge in [-0.2, -0.15) is 0 Å². The van der Waals surface area contributed by atoms with Gasteiger partial charge in [-0.05, 0) is 6.42 Å². The molecule has 0 aromatic rings. The molecule has 3 heteroatoms. The van der Waals surface area contributed by atoms with Crippen molar-refractivity contribution in [1.29, 1.82) is 0 Å². The lowest BCUT2D eigenvalue weighted by molar-refractivity contribution is -0.120. The normalized spacial score (nSPS) is 13.0. The predicted molar refractivity (Wildman–Crippen MR) is 40.2 cm³/mol. The third-order valence-corrected chi connectivity index (χ3v) is 1.46. The van der Waals surface area contributed by atoms with Crippen LogP contribution in [0.15, 0.2) is 0 Å². The van der Waals surface area contributed by atoms with E-state index in [0.717, 1.165) is 19.3 Å². The molecule has 3 N–H and O–H groups in total. The van der Waals surface area contributed by atoms with E-state index in [2.05, 4.69) is 6.92 Å². The molecule has 0 bridgehead atoms. The van der Waals surface area contributed by atoms with Gasteiger partial charge < -0.3 is 5.73 Å². The van der Waals surface area contributed by atoms with E-state index in [0.29, 0.717) is 6.42 Å². The second-order valence-corrected chi connectivity index (χ2v) is 2.47. The number of rotatable bonds is 5. The first-order chi connectivity index (χ1) is 4.68. The van der Waals surface area contributed by atoms with Crippen LogP contribution in [0.5, 0.6) is 0 Å². The molecule has 0 aliphatic rings. The summed E-state index contributed by atoms with van der Waals surface area (Å²) in [6, 6.07) is -0.549. The molecule has 0 aliphatic carbocycles. The van der Waals surface area contributed by atoms with Crippen LogP contribution in [0.1, 0.15) is 32.6 Å². The fraction of sp³-hybridized carbons (Fsp3) is 0.857. The van der Waals surface area contributed by atoms with Crippen LogP contribution < -0.4 is 11.5 Å². The first-order valence-corrected chi connectivity index (χ1v) is 3.69. The summed E-state index contributed by atoms with van der Waals surface area (Å²) in [6.45, 7) is 2.09. The quantitative estimate of drug-likeness (QED) is 0.576. The molecule has 0 heterocycles. The van der Waals surface area contributed by atoms with Crippen molar-refractivity contribution < 1.29 is 4.79 Å². The molecule has 1 radical (unpaired) electrons. The monoisotopic (exact) mass is 143 g/mol. The minimum Gasteiger partial charge on any atom is -0.320 e. The summed E-state index contributed by atoms with van der Waals surface area (Å²) in [4.78, 5) is 10.3. The lowest BCUT2D eigenvalue weighted by Crippen LogP contribution is -2.30. The highest BCUT2D eigenvalue weighted by Crippen LogP contribution is 2.00. The summed E-state index contributed by atoms with van der Waals surface area (Å²) >= 11 is 0. The summed E-state index contributed by atoms with van der Waals surface area (Å²) in [7, 11) is 0. The van der Waals surface area contributed by atoms with Crippen molar-refractivity contribution in [2.45, 2.75) is 38.6 Å². The fourth-order valence-corrected chi connectivity index (χ4v) is 0.745. The molecule has 0 rings (SSSR count). The van der Waals surface area contributed by atoms with E-state index in [9.17, 15) is 4.79 Å². The van der Waals surface area contributed by atoms with Crippen LogP contribution in [0.25, 0.3) is 0 Å². The Labute approximate surface area is 61.8 Å². The first-order valence-electron chi connectivity index (χ1n) is 3.69. The van der Waals surface area contributed by atoms with E-state index < -0.39 is 11.9 Å². The van der Waals surface area contributed by atoms with Gasteiger partial charge in [0.2, 0.25) is 0 Å². The third-order valence-electron chi connectivity index (χ3n) is 1.46. The van der Waals surface area contributed by atoms with E-state index in [1.165, 1.54) is 0 Å². The average molecular weight is 143 g/mol. The smallest absolute Gasteiger partial charge is 0.255 e. The van der Waals surface area contributed by atoms with Gasteiger partial charge in [0.15, 0.2) is 0 Å². The highest BCUT2D eigenvalue weighted by molar-refractivity contribution is 5.78. The van der Waals surface area contributed by atoms with Gasteiger partial charge in [0.05, 0.1) is 6.04 Å². The van der Waals surface area contributed by atoms with Crippen molar-refractivity contribution in [1.82, 2.24) is 5.73 Å². The van der Waals surface area contributed by atoms with Gasteiger partial charge in [-0.3, -0.25) is 10.5 Å². The van der Waals surface area contributed by atoms with E-state index in [4.69, 9.17) is 11.5 Å². The third kappa shape index (κ3) is 4.32. The molecule has 3 nitrogen and oxygen atoms in total. The van der Waals surface area contributed by atoms with Crippen LogP contribution in [0.4, 0.5) is 0 Å². The number of carbonyl (C=O) groups is 1. The Morgan fingerprint density at radius 1 is 1.60 bits per heavy atom. The summed E-state index contributed by atoms with van der Waals surface area (Å²) < 4.78 is 0. The zero-order valence-electron chi connectivity index (χ0n) is 6.39. The summed E-state index contributed by atoms with van der Waals surface area (Å²) in [5.74, 6) is -0.642. The Kier molecular flexibility index (Phi) is 4.94. The number of hydrogen-bond acceptors (Lipinski definition) is 2. The molecule has 1 unspecified atom stereocenters. The molecule has 59 valence electrons. The lowest BCUT2D eigenvalue weighted by Gasteiger charge is -2.03. The molecule has 0 saturated carbocycles. The maximum atomic E-state index is 10.3. The molecule has 0 aliphatic heterocycles. The molecule has 0 aromatic heterocycles. The van der Waals surface area contributed by atoms with Gasteiger partial charge in [-0.25, -0.2) is 0 Å². The van der Waals surface area contributed by atoms with Crippen LogP contribution in [-0.4, -0.2) is 11.9 Å². The molecule has 1 atom stereocenters. The minimum atomic E-state index is -0.642. The Balaban J connectivity index is 3.21. The number of nitrogens with one attached hydrogen (secondary N) is 1. The van der Waals surface area contributed by atoms with Gasteiger partial charge in [0, 0.05) is 0 Å². The van der Waals surface area contributed by atoms with Gasteiger partial charge >= 0.3 is 0 Å². The maximum Gasteiger partial charge on any atom is 0.255 e. The standard InChI is InChI=1S/C7H15N2O/c1-2-3-4-5-6(8)7(9)10/h6,9H,2-5,8H2,1H3. The Morgan fingerprint density at radius 2 is 2.20 bits per heavy atom. The van der Waals surface area contributed by atoms with Crippen LogP contribution in [0, 0.1) is 0 Å². The Hall–Kier alpha value is -0.570. The molecule has 1 amide bonds. The second kappa shape index (κ2) is 5.23. The van der Waals surface area contributed by atoms with Crippen molar-refractivity contribution in [3.8, 4) is 0 Å². The predicted octanol–water partition coefficient (Wildman–Crippen LogP) is 0.704. The van der Waals surface area contributed by atoms with Crippen LogP contribution >= 0.6 is 0 Å². The zero-order valence-corrected chi connectivity index (χ0v) is 6.39. The van der Waals surface area contributed by atoms with Crippen molar-refractivity contribution in [2.75, 3.05) is 0 Å². The highest BCUT2D eigenvalue weighted by Gasteiger charge is 2.07. The largest absolute Gasteiger partial charge is 0.320 e.